The van der Waals surface area contributed by atoms with Crippen molar-refractivity contribution in [3.05, 3.63) is 17.5 Å². The predicted molar refractivity (Wildman–Crippen MR) is 84.1 cm³/mol. The van der Waals surface area contributed by atoms with E-state index in [1.807, 2.05) is 4.80 Å². The molecule has 1 aliphatic carbocycles. The number of hydrogen-bond donors (Lipinski definition) is 0. The monoisotopic (exact) mass is 289 g/mol. The Morgan fingerprint density at radius 3 is 2.19 bits per heavy atom. The fourth-order valence-electron chi connectivity index (χ4n) is 3.19. The summed E-state index contributed by atoms with van der Waals surface area (Å²) in [6.45, 7) is 1.74. The van der Waals surface area contributed by atoms with Crippen molar-refractivity contribution in [1.29, 1.82) is 0 Å². The van der Waals surface area contributed by atoms with Gasteiger partial charge in [-0.3, -0.25) is 0 Å². The van der Waals surface area contributed by atoms with Gasteiger partial charge in [0.05, 0.1) is 17.1 Å². The lowest BCUT2D eigenvalue weighted by molar-refractivity contribution is 0.132. The Bertz CT molecular complexity index is 453. The van der Waals surface area contributed by atoms with Crippen LogP contribution in [-0.2, 0) is 17.6 Å². The molecule has 0 amide bonds. The zero-order valence-corrected chi connectivity index (χ0v) is 13.0. The Kier molecular flexibility index (Phi) is 5.44. The lowest BCUT2D eigenvalue weighted by atomic mass is 10.1. The minimum Gasteiger partial charge on any atom is -0.381 e. The fraction of sp³-hybridized carbons (Fsp3) is 0.765. The molecular formula is C17H27N3O. The highest BCUT2D eigenvalue weighted by Gasteiger charge is 2.14. The van der Waals surface area contributed by atoms with Crippen molar-refractivity contribution in [1.82, 2.24) is 15.0 Å². The summed E-state index contributed by atoms with van der Waals surface area (Å²) in [5.41, 5.74) is 3.76. The van der Waals surface area contributed by atoms with E-state index in [-0.39, 0.29) is 0 Å². The van der Waals surface area contributed by atoms with E-state index in [0.717, 1.165) is 51.7 Å². The topological polar surface area (TPSA) is 39.9 Å². The van der Waals surface area contributed by atoms with Crippen LogP contribution in [0.1, 0.15) is 69.2 Å². The Labute approximate surface area is 127 Å². The Hall–Kier alpha value is -1.16. The van der Waals surface area contributed by atoms with E-state index < -0.39 is 0 Å². The molecule has 2 heterocycles. The van der Waals surface area contributed by atoms with Crippen LogP contribution in [0.2, 0.25) is 0 Å². The van der Waals surface area contributed by atoms with E-state index in [4.69, 9.17) is 14.9 Å². The first-order valence-electron chi connectivity index (χ1n) is 8.66. The van der Waals surface area contributed by atoms with Gasteiger partial charge >= 0.3 is 0 Å². The van der Waals surface area contributed by atoms with Crippen molar-refractivity contribution in [3.63, 3.8) is 0 Å². The molecule has 4 nitrogen and oxygen atoms in total. The lowest BCUT2D eigenvalue weighted by Crippen LogP contribution is -2.04. The minimum absolute atomic E-state index is 0.859. The molecule has 0 saturated heterocycles. The number of ether oxygens (including phenoxy) is 1. The van der Waals surface area contributed by atoms with Crippen LogP contribution in [0, 0.1) is 0 Å². The standard InChI is InChI=1S/C17H27N3O/c1-2-4-11-16-17(12-5-3-1)19-20(18-16)15-9-6-7-13-21-14-8-10-15/h9H,1-8,10-14H2/b15-9+. The number of nitrogens with zero attached hydrogens (tertiary/aromatic N) is 3. The molecule has 1 aromatic rings. The second-order valence-corrected chi connectivity index (χ2v) is 6.20. The molecule has 3 rings (SSSR count). The van der Waals surface area contributed by atoms with Gasteiger partial charge in [-0.2, -0.15) is 15.0 Å². The SMILES string of the molecule is C1=C(/n2nc3c(n2)CCCCCCC3)CCCOCCC/1. The average molecular weight is 289 g/mol. The molecule has 0 bridgehead atoms. The summed E-state index contributed by atoms with van der Waals surface area (Å²) in [4.78, 5) is 1.93. The van der Waals surface area contributed by atoms with E-state index in [0.29, 0.717) is 0 Å². The summed E-state index contributed by atoms with van der Waals surface area (Å²) in [5, 5.41) is 9.63. The molecule has 0 atom stereocenters. The maximum atomic E-state index is 5.58. The second-order valence-electron chi connectivity index (χ2n) is 6.20. The third-order valence-electron chi connectivity index (χ3n) is 4.44. The van der Waals surface area contributed by atoms with E-state index in [2.05, 4.69) is 6.08 Å². The quantitative estimate of drug-likeness (QED) is 0.790. The van der Waals surface area contributed by atoms with Crippen molar-refractivity contribution in [3.8, 4) is 0 Å². The first-order chi connectivity index (χ1) is 10.4. The van der Waals surface area contributed by atoms with Gasteiger partial charge in [-0.1, -0.05) is 25.3 Å². The van der Waals surface area contributed by atoms with Crippen molar-refractivity contribution in [2.24, 2.45) is 0 Å². The van der Waals surface area contributed by atoms with E-state index in [1.165, 1.54) is 49.2 Å². The van der Waals surface area contributed by atoms with Crippen LogP contribution in [0.5, 0.6) is 0 Å². The summed E-state index contributed by atoms with van der Waals surface area (Å²) in [5.74, 6) is 0. The largest absolute Gasteiger partial charge is 0.381 e. The summed E-state index contributed by atoms with van der Waals surface area (Å²) < 4.78 is 5.58. The van der Waals surface area contributed by atoms with E-state index >= 15 is 0 Å². The van der Waals surface area contributed by atoms with Gasteiger partial charge in [0.1, 0.15) is 0 Å². The van der Waals surface area contributed by atoms with Crippen LogP contribution in [0.3, 0.4) is 0 Å². The van der Waals surface area contributed by atoms with Crippen molar-refractivity contribution in [2.75, 3.05) is 13.2 Å². The normalized spacial score (nSPS) is 24.3. The molecule has 0 N–H and O–H groups in total. The summed E-state index contributed by atoms with van der Waals surface area (Å²) in [6, 6.07) is 0. The molecule has 0 fully saturated rings. The number of aryl methyl sites for hydroxylation is 2. The second kappa shape index (κ2) is 7.74. The number of allylic oxidation sites excluding steroid dienone is 2. The molecule has 21 heavy (non-hydrogen) atoms. The average Bonchev–Trinajstić information content (AvgIpc) is 2.96. The van der Waals surface area contributed by atoms with Crippen LogP contribution >= 0.6 is 0 Å². The van der Waals surface area contributed by atoms with Crippen molar-refractivity contribution < 1.29 is 4.74 Å². The van der Waals surface area contributed by atoms with Gasteiger partial charge in [0.15, 0.2) is 0 Å². The number of aromatic nitrogens is 3. The first-order valence-corrected chi connectivity index (χ1v) is 8.66. The molecule has 1 aliphatic heterocycles. The molecular weight excluding hydrogens is 262 g/mol. The third kappa shape index (κ3) is 4.16. The number of hydrogen-bond acceptors (Lipinski definition) is 3. The highest BCUT2D eigenvalue weighted by Crippen LogP contribution is 2.20. The van der Waals surface area contributed by atoms with Gasteiger partial charge in [0.25, 0.3) is 0 Å². The highest BCUT2D eigenvalue weighted by atomic mass is 16.5. The van der Waals surface area contributed by atoms with E-state index in [1.54, 1.807) is 0 Å². The molecule has 2 aliphatic rings. The molecule has 0 radical (unpaired) electrons. The maximum Gasteiger partial charge on any atom is 0.0863 e. The number of rotatable bonds is 1. The first kappa shape index (κ1) is 14.8. The van der Waals surface area contributed by atoms with Crippen molar-refractivity contribution >= 4 is 5.70 Å². The molecule has 0 aromatic carbocycles. The van der Waals surface area contributed by atoms with Gasteiger partial charge in [-0.05, 0) is 51.4 Å². The minimum atomic E-state index is 0.859. The fourth-order valence-corrected chi connectivity index (χ4v) is 3.19. The summed E-state index contributed by atoms with van der Waals surface area (Å²) in [6.07, 6.45) is 15.4. The summed E-state index contributed by atoms with van der Waals surface area (Å²) >= 11 is 0. The Balaban J connectivity index is 1.77. The summed E-state index contributed by atoms with van der Waals surface area (Å²) in [7, 11) is 0. The van der Waals surface area contributed by atoms with E-state index in [9.17, 15) is 0 Å². The molecule has 0 unspecified atom stereocenters. The van der Waals surface area contributed by atoms with Crippen LogP contribution in [0.25, 0.3) is 5.70 Å². The molecule has 1 aromatic heterocycles. The van der Waals surface area contributed by atoms with Crippen molar-refractivity contribution in [2.45, 2.75) is 70.6 Å². The molecule has 4 heteroatoms. The zero-order chi connectivity index (χ0) is 14.3. The lowest BCUT2D eigenvalue weighted by Gasteiger charge is -2.05. The third-order valence-corrected chi connectivity index (χ3v) is 4.44. The van der Waals surface area contributed by atoms with Gasteiger partial charge in [0.2, 0.25) is 0 Å². The Morgan fingerprint density at radius 2 is 1.43 bits per heavy atom. The maximum absolute atomic E-state index is 5.58. The van der Waals surface area contributed by atoms with Gasteiger partial charge in [-0.25, -0.2) is 0 Å². The zero-order valence-electron chi connectivity index (χ0n) is 13.0. The smallest absolute Gasteiger partial charge is 0.0863 e. The van der Waals surface area contributed by atoms with Crippen LogP contribution in [-0.4, -0.2) is 28.2 Å². The molecule has 0 saturated carbocycles. The molecule has 0 spiro atoms. The molecule has 116 valence electrons. The number of fused-ring (bicyclic) bond motifs is 1. The highest BCUT2D eigenvalue weighted by molar-refractivity contribution is 5.42. The van der Waals surface area contributed by atoms with Crippen LogP contribution in [0.15, 0.2) is 6.08 Å². The van der Waals surface area contributed by atoms with Crippen LogP contribution in [0.4, 0.5) is 0 Å². The predicted octanol–water partition coefficient (Wildman–Crippen LogP) is 3.76. The van der Waals surface area contributed by atoms with Gasteiger partial charge < -0.3 is 4.74 Å². The van der Waals surface area contributed by atoms with Crippen LogP contribution < -0.4 is 0 Å². The Morgan fingerprint density at radius 1 is 0.762 bits per heavy atom. The van der Waals surface area contributed by atoms with Gasteiger partial charge in [-0.15, -0.1) is 0 Å². The van der Waals surface area contributed by atoms with Gasteiger partial charge in [0, 0.05) is 13.2 Å².